The van der Waals surface area contributed by atoms with Crippen LogP contribution in [0.3, 0.4) is 0 Å². The Morgan fingerprint density at radius 1 is 0.850 bits per heavy atom. The largest absolute Gasteiger partial charge is 0.389 e. The predicted molar refractivity (Wildman–Crippen MR) is 219 cm³/mol. The van der Waals surface area contributed by atoms with Crippen LogP contribution in [0.4, 0.5) is 10.6 Å². The fourth-order valence-corrected chi connectivity index (χ4v) is 9.94. The maximum Gasteiger partial charge on any atom is 0.351 e. The maximum atomic E-state index is 12.2. The maximum absolute atomic E-state index is 12.2. The first kappa shape index (κ1) is 48.3. The van der Waals surface area contributed by atoms with Gasteiger partial charge in [0.05, 0.1) is 11.2 Å². The molecule has 8 rings (SSSR count). The Kier molecular flexibility index (Phi) is 16.2. The minimum atomic E-state index is -0.899. The molecule has 0 saturated carbocycles. The molecule has 18 heteroatoms. The fraction of sp³-hybridized carbons (Fsp3) is 0.714. The Bertz CT molecular complexity index is 2000. The molecule has 2 amide bonds. The van der Waals surface area contributed by atoms with Gasteiger partial charge in [0.25, 0.3) is 5.56 Å². The van der Waals surface area contributed by atoms with Crippen LogP contribution in [0.5, 0.6) is 0 Å². The third-order valence-electron chi connectivity index (χ3n) is 13.3. The van der Waals surface area contributed by atoms with Gasteiger partial charge in [0, 0.05) is 113 Å². The normalized spacial score (nSPS) is 35.1. The molecule has 0 aliphatic carbocycles. The Morgan fingerprint density at radius 3 is 1.90 bits per heavy atom. The smallest absolute Gasteiger partial charge is 0.351 e. The number of aryl methyl sites for hydroxylation is 2. The van der Waals surface area contributed by atoms with Gasteiger partial charge in [-0.15, -0.1) is 5.92 Å². The van der Waals surface area contributed by atoms with Gasteiger partial charge in [-0.05, 0) is 52.0 Å². The van der Waals surface area contributed by atoms with Crippen LogP contribution in [0.15, 0.2) is 39.1 Å². The molecule has 12 atom stereocenters. The van der Waals surface area contributed by atoms with Crippen molar-refractivity contribution in [3.8, 4) is 0 Å². The molecule has 331 valence electrons. The van der Waals surface area contributed by atoms with E-state index in [0.29, 0.717) is 30.6 Å². The van der Waals surface area contributed by atoms with E-state index in [9.17, 15) is 24.3 Å². The molecule has 4 bridgehead atoms. The second-order valence-corrected chi connectivity index (χ2v) is 16.4. The third kappa shape index (κ3) is 9.29. The van der Waals surface area contributed by atoms with Gasteiger partial charge in [-0.25, -0.2) is 14.4 Å². The number of aliphatic hydroxyl groups is 1. The summed E-state index contributed by atoms with van der Waals surface area (Å²) in [4.78, 5) is 55.2. The molecule has 17 nitrogen and oxygen atoms in total. The number of nitrogens with one attached hydrogen (secondary N) is 2. The summed E-state index contributed by atoms with van der Waals surface area (Å²) in [5.74, 6) is 1.25. The van der Waals surface area contributed by atoms with E-state index in [4.69, 9.17) is 29.4 Å². The number of nitrogens with zero attached hydrogens (tertiary/aromatic N) is 4. The number of hydrogen-bond acceptors (Lipinski definition) is 12. The minimum absolute atomic E-state index is 0. The van der Waals surface area contributed by atoms with Crippen molar-refractivity contribution in [3.63, 3.8) is 0 Å². The van der Waals surface area contributed by atoms with E-state index in [1.54, 1.807) is 30.1 Å². The number of rotatable bonds is 9. The van der Waals surface area contributed by atoms with Gasteiger partial charge < -0.3 is 44.7 Å². The van der Waals surface area contributed by atoms with Crippen molar-refractivity contribution in [2.24, 2.45) is 17.8 Å². The molecular weight excluding hydrogens is 851 g/mol. The molecule has 2 aromatic rings. The van der Waals surface area contributed by atoms with Crippen molar-refractivity contribution in [1.82, 2.24) is 29.3 Å². The molecule has 2 aromatic heterocycles. The van der Waals surface area contributed by atoms with Crippen LogP contribution in [-0.2, 0) is 56.4 Å². The zero-order chi connectivity index (χ0) is 42.8. The average Bonchev–Trinajstić information content (AvgIpc) is 3.78. The van der Waals surface area contributed by atoms with E-state index in [0.717, 1.165) is 56.9 Å². The van der Waals surface area contributed by atoms with Crippen LogP contribution < -0.4 is 28.0 Å². The number of aromatic nitrogens is 4. The predicted octanol–water partition coefficient (Wildman–Crippen LogP) is 4.17. The van der Waals surface area contributed by atoms with Gasteiger partial charge >= 0.3 is 17.4 Å². The van der Waals surface area contributed by atoms with E-state index in [1.807, 2.05) is 6.92 Å². The molecule has 8 heterocycles. The number of amides is 2. The quantitative estimate of drug-likeness (QED) is 0.261. The molecule has 6 aliphatic rings. The number of aliphatic hydroxyl groups excluding tert-OH is 1. The molecule has 1 radical (unpaired) electrons. The van der Waals surface area contributed by atoms with E-state index in [2.05, 4.69) is 63.2 Å². The van der Waals surface area contributed by atoms with Crippen LogP contribution in [0.2, 0.25) is 0 Å². The first-order valence-electron chi connectivity index (χ1n) is 21.4. The molecule has 6 aliphatic heterocycles. The molecule has 5 N–H and O–H groups in total. The summed E-state index contributed by atoms with van der Waals surface area (Å²) in [5, 5.41) is 11.7. The van der Waals surface area contributed by atoms with Gasteiger partial charge in [-0.3, -0.25) is 25.3 Å². The van der Waals surface area contributed by atoms with Crippen LogP contribution >= 0.6 is 0 Å². The molecular formula is C42H64N7O10Y-. The van der Waals surface area contributed by atoms with Crippen LogP contribution in [0, 0.1) is 38.0 Å². The van der Waals surface area contributed by atoms with Crippen LogP contribution in [-0.4, -0.2) is 90.3 Å². The van der Waals surface area contributed by atoms with Gasteiger partial charge in [-0.2, -0.15) is 4.98 Å². The number of urea groups is 1. The fourth-order valence-electron chi connectivity index (χ4n) is 9.94. The monoisotopic (exact) mass is 915 g/mol. The number of anilines is 1. The molecule has 4 unspecified atom stereocenters. The van der Waals surface area contributed by atoms with Crippen LogP contribution in [0.1, 0.15) is 116 Å². The average molecular weight is 916 g/mol. The Hall–Kier alpha value is -2.77. The van der Waals surface area contributed by atoms with Crippen molar-refractivity contribution >= 4 is 11.8 Å². The van der Waals surface area contributed by atoms with Gasteiger partial charge in [0.15, 0.2) is 12.5 Å². The number of nitrogen functional groups attached to an aromatic ring is 1. The van der Waals surface area contributed by atoms with Crippen molar-refractivity contribution in [2.75, 3.05) is 18.9 Å². The zero-order valence-corrected chi connectivity index (χ0v) is 39.1. The minimum Gasteiger partial charge on any atom is -0.389 e. The number of carbonyl (C=O) groups excluding carboxylic acids is 1. The Balaban J connectivity index is 0.000000170. The van der Waals surface area contributed by atoms with Gasteiger partial charge in [0.2, 0.25) is 0 Å². The number of hydrogen-bond donors (Lipinski definition) is 4. The van der Waals surface area contributed by atoms with Crippen LogP contribution in [0.25, 0.3) is 0 Å². The van der Waals surface area contributed by atoms with Crippen molar-refractivity contribution < 1.29 is 66.3 Å². The van der Waals surface area contributed by atoms with Crippen molar-refractivity contribution in [3.05, 3.63) is 73.5 Å². The SMILES string of the molecule is CCC1[C@@H]2OCC[C@]1(CC)O[C@H]2n1cc(C)c(=O)[nH]c1=O.CCC1[C@@H]2OCC[C@]1(CC)O[C@H]2n1cc(C)c(N)nc1=O.CCC1[CH-][C@H](N2C=CC(O)NC2=O)O[C@@H]1CC.[Y]. The first-order valence-corrected chi connectivity index (χ1v) is 21.4. The second kappa shape index (κ2) is 20.2. The molecule has 0 spiro atoms. The molecule has 5 fully saturated rings. The second-order valence-electron chi connectivity index (χ2n) is 16.4. The number of ether oxygens (including phenoxy) is 5. The standard InChI is InChI=1S/C15H23N3O3.C15H22N2O4.C12H19N2O3.Y/c1-4-10-11-13(21-15(10,5-2)6-7-20-11)18-8-9(3)12(16)17-14(18)19;1-4-10-11-13(21-15(10,5-2)6-7-20-11)17-8-9(3)12(18)16-14(17)19;1-3-8-7-11(17-9(8)4-2)14-6-5-10(15)13-12(14)16;/h8,10-11,13H,4-7H2,1-3H3,(H2,16,17,19);8,10-11,13H,4-7H2,1-3H3,(H,16,18,19);5-11,15H,3-4H2,1-2H3,(H,13,16);/q;;-1;/t2*10?,11-,13+,15-;8?,9-,10?,11-;/m001./s1. The summed E-state index contributed by atoms with van der Waals surface area (Å²) >= 11 is 0. The number of H-pyrrole nitrogens is 1. The zero-order valence-electron chi connectivity index (χ0n) is 36.3. The molecule has 5 saturated heterocycles. The topological polar surface area (TPSA) is 214 Å². The number of nitrogens with two attached hydrogens (primary N) is 1. The summed E-state index contributed by atoms with van der Waals surface area (Å²) in [6, 6.07) is -0.326. The van der Waals surface area contributed by atoms with E-state index < -0.39 is 24.4 Å². The van der Waals surface area contributed by atoms with E-state index in [1.165, 1.54) is 15.5 Å². The van der Waals surface area contributed by atoms with Gasteiger partial charge in [0.1, 0.15) is 24.3 Å². The number of carbonyl (C=O) groups is 1. The third-order valence-corrected chi connectivity index (χ3v) is 13.3. The number of fused-ring (bicyclic) bond motifs is 4. The summed E-state index contributed by atoms with van der Waals surface area (Å²) in [6.07, 6.45) is 13.8. The van der Waals surface area contributed by atoms with Gasteiger partial charge in [-0.1, -0.05) is 48.0 Å². The Labute approximate surface area is 377 Å². The van der Waals surface area contributed by atoms with Crippen molar-refractivity contribution in [1.29, 1.82) is 0 Å². The number of aromatic amines is 1. The summed E-state index contributed by atoms with van der Waals surface area (Å²) < 4.78 is 33.4. The summed E-state index contributed by atoms with van der Waals surface area (Å²) in [5.41, 5.74) is 5.42. The summed E-state index contributed by atoms with van der Waals surface area (Å²) in [7, 11) is 0. The van der Waals surface area contributed by atoms with E-state index in [-0.39, 0.29) is 97.5 Å². The Morgan fingerprint density at radius 2 is 1.42 bits per heavy atom. The first-order chi connectivity index (χ1) is 28.2. The van der Waals surface area contributed by atoms with E-state index >= 15 is 0 Å². The molecule has 0 aromatic carbocycles. The molecule has 60 heavy (non-hydrogen) atoms. The summed E-state index contributed by atoms with van der Waals surface area (Å²) in [6.45, 7) is 17.6. The van der Waals surface area contributed by atoms with Crippen molar-refractivity contribution in [2.45, 2.75) is 161 Å².